The summed E-state index contributed by atoms with van der Waals surface area (Å²) in [6.07, 6.45) is 23.4. The summed E-state index contributed by atoms with van der Waals surface area (Å²) in [5.74, 6) is 0. The molecule has 0 spiro atoms. The Kier molecular flexibility index (Phi) is 21.7. The molecule has 2 atom stereocenters. The van der Waals surface area contributed by atoms with Crippen molar-refractivity contribution in [1.29, 1.82) is 0 Å². The quantitative estimate of drug-likeness (QED) is 0.194. The summed E-state index contributed by atoms with van der Waals surface area (Å²) < 4.78 is 1.94. The van der Waals surface area contributed by atoms with E-state index in [1.807, 2.05) is 0 Å². The Labute approximate surface area is 176 Å². The second kappa shape index (κ2) is 20.1. The van der Waals surface area contributed by atoms with Crippen LogP contribution in [0, 0.1) is 0 Å². The minimum absolute atomic E-state index is 0.967. The van der Waals surface area contributed by atoms with E-state index in [9.17, 15) is 0 Å². The van der Waals surface area contributed by atoms with E-state index in [2.05, 4.69) is 60.1 Å². The molecule has 0 rings (SSSR count). The SMILES string of the molecule is [Li][CH2]CC[CH]([Li])CCCCCCCCCC[CH]([Li])CCCCC. The molecule has 3 heteroatoms. The summed E-state index contributed by atoms with van der Waals surface area (Å²) in [6, 6.07) is 0. The van der Waals surface area contributed by atoms with Crippen LogP contribution in [-0.4, -0.2) is 53.1 Å². The van der Waals surface area contributed by atoms with Crippen LogP contribution in [0.25, 0.3) is 0 Å². The fourth-order valence-corrected chi connectivity index (χ4v) is 3.63. The first-order valence-corrected chi connectivity index (χ1v) is 11.2. The van der Waals surface area contributed by atoms with Gasteiger partial charge in [-0.25, -0.2) is 0 Å². The second-order valence-corrected chi connectivity index (χ2v) is 8.25. The van der Waals surface area contributed by atoms with Gasteiger partial charge in [0.2, 0.25) is 0 Å². The van der Waals surface area contributed by atoms with Crippen molar-refractivity contribution in [1.82, 2.24) is 0 Å². The third-order valence-electron chi connectivity index (χ3n) is 5.49. The maximum atomic E-state index is 2.46. The normalized spacial score (nSPS) is 14.2. The van der Waals surface area contributed by atoms with E-state index in [0.717, 1.165) is 9.18 Å². The minimum atomic E-state index is 0.967. The van der Waals surface area contributed by atoms with Crippen molar-refractivity contribution in [3.05, 3.63) is 0 Å². The zero-order valence-electron chi connectivity index (χ0n) is 17.2. The van der Waals surface area contributed by atoms with Gasteiger partial charge in [0.15, 0.2) is 0 Å². The number of rotatable bonds is 18. The van der Waals surface area contributed by atoms with E-state index in [4.69, 9.17) is 0 Å². The van der Waals surface area contributed by atoms with Crippen LogP contribution in [0.5, 0.6) is 0 Å². The first-order valence-electron chi connectivity index (χ1n) is 11.2. The average molecular weight is 300 g/mol. The predicted molar refractivity (Wildman–Crippen MR) is 109 cm³/mol. The summed E-state index contributed by atoms with van der Waals surface area (Å²) in [4.78, 5) is 0. The molecule has 0 saturated heterocycles. The van der Waals surface area contributed by atoms with Crippen molar-refractivity contribution in [3.63, 3.8) is 0 Å². The van der Waals surface area contributed by atoms with Crippen LogP contribution in [0.3, 0.4) is 0 Å². The van der Waals surface area contributed by atoms with Crippen LogP contribution in [0.2, 0.25) is 14.3 Å². The molecule has 0 amide bonds. The molecular formula is C20H39Li3. The van der Waals surface area contributed by atoms with Crippen molar-refractivity contribution < 1.29 is 0 Å². The zero-order valence-corrected chi connectivity index (χ0v) is 17.2. The molecule has 0 radical (unpaired) electrons. The summed E-state index contributed by atoms with van der Waals surface area (Å²) in [5.41, 5.74) is 0. The average Bonchev–Trinajstić information content (AvgIpc) is 2.54. The van der Waals surface area contributed by atoms with Gasteiger partial charge in [-0.15, -0.1) is 0 Å². The van der Waals surface area contributed by atoms with Gasteiger partial charge in [-0.05, 0) is 0 Å². The first kappa shape index (κ1) is 24.8. The van der Waals surface area contributed by atoms with Crippen molar-refractivity contribution in [2.45, 2.75) is 124 Å². The van der Waals surface area contributed by atoms with E-state index in [-0.39, 0.29) is 0 Å². The molecule has 0 saturated carbocycles. The van der Waals surface area contributed by atoms with Gasteiger partial charge in [0, 0.05) is 0 Å². The molecule has 122 valence electrons. The van der Waals surface area contributed by atoms with Crippen molar-refractivity contribution in [2.24, 2.45) is 0 Å². The van der Waals surface area contributed by atoms with Crippen molar-refractivity contribution >= 4 is 53.1 Å². The molecule has 0 nitrogen and oxygen atoms in total. The fourth-order valence-electron chi connectivity index (χ4n) is 3.63. The van der Waals surface area contributed by atoms with Crippen LogP contribution in [-0.2, 0) is 0 Å². The van der Waals surface area contributed by atoms with Crippen molar-refractivity contribution in [3.8, 4) is 0 Å². The summed E-state index contributed by atoms with van der Waals surface area (Å²) >= 11 is 7.20. The summed E-state index contributed by atoms with van der Waals surface area (Å²) in [6.45, 7) is 2.30. The van der Waals surface area contributed by atoms with Crippen molar-refractivity contribution in [2.75, 3.05) is 0 Å². The van der Waals surface area contributed by atoms with E-state index in [1.54, 1.807) is 0 Å². The Balaban J connectivity index is 3.15. The van der Waals surface area contributed by atoms with Crippen LogP contribution in [0.15, 0.2) is 0 Å². The molecule has 0 heterocycles. The first-order chi connectivity index (χ1) is 11.2. The van der Waals surface area contributed by atoms with Gasteiger partial charge in [-0.1, -0.05) is 0 Å². The van der Waals surface area contributed by atoms with Gasteiger partial charge in [0.1, 0.15) is 0 Å². The Morgan fingerprint density at radius 1 is 0.522 bits per heavy atom. The maximum absolute atomic E-state index is 2.46. The Morgan fingerprint density at radius 2 is 0.870 bits per heavy atom. The van der Waals surface area contributed by atoms with Crippen LogP contribution in [0.4, 0.5) is 0 Å². The van der Waals surface area contributed by atoms with Gasteiger partial charge in [-0.3, -0.25) is 0 Å². The van der Waals surface area contributed by atoms with E-state index in [0.29, 0.717) is 0 Å². The molecule has 0 N–H and O–H groups in total. The monoisotopic (exact) mass is 300 g/mol. The van der Waals surface area contributed by atoms with E-state index in [1.165, 1.54) is 108 Å². The van der Waals surface area contributed by atoms with Crippen LogP contribution in [0.1, 0.15) is 110 Å². The number of unbranched alkanes of at least 4 members (excludes halogenated alkanes) is 9. The second-order valence-electron chi connectivity index (χ2n) is 8.25. The van der Waals surface area contributed by atoms with Gasteiger partial charge in [0.25, 0.3) is 0 Å². The van der Waals surface area contributed by atoms with Crippen LogP contribution >= 0.6 is 0 Å². The Hall–Kier alpha value is 1.79. The number of hydrogen-bond acceptors (Lipinski definition) is 0. The fraction of sp³-hybridized carbons (Fsp3) is 1.00. The molecule has 0 aromatic heterocycles. The van der Waals surface area contributed by atoms with Gasteiger partial charge in [0.05, 0.1) is 0 Å². The van der Waals surface area contributed by atoms with Gasteiger partial charge >= 0.3 is 177 Å². The van der Waals surface area contributed by atoms with E-state index >= 15 is 0 Å². The molecule has 0 aromatic rings. The summed E-state index contributed by atoms with van der Waals surface area (Å²) in [5, 5.41) is 1.36. The number of hydrogen-bond donors (Lipinski definition) is 0. The topological polar surface area (TPSA) is 0 Å². The molecule has 0 bridgehead atoms. The molecule has 23 heavy (non-hydrogen) atoms. The molecule has 0 aliphatic heterocycles. The van der Waals surface area contributed by atoms with Gasteiger partial charge < -0.3 is 0 Å². The molecule has 0 aliphatic carbocycles. The predicted octanol–water partition coefficient (Wildman–Crippen LogP) is 6.75. The zero-order chi connectivity index (χ0) is 17.2. The Morgan fingerprint density at radius 3 is 1.26 bits per heavy atom. The van der Waals surface area contributed by atoms with E-state index < -0.39 is 0 Å². The van der Waals surface area contributed by atoms with Gasteiger partial charge in [-0.2, -0.15) is 0 Å². The third-order valence-corrected chi connectivity index (χ3v) is 5.49. The molecule has 2 unspecified atom stereocenters. The molecule has 0 fully saturated rings. The van der Waals surface area contributed by atoms with Crippen LogP contribution < -0.4 is 0 Å². The standard InChI is InChI=1S/C20H39.3Li/c1-3-5-7-9-11-13-15-17-19-20-18-16-14-12-10-8-6-4-2;;;/h7,12H,1,3-6,8-11,13-20H2,2H3;;;. The molecule has 0 aliphatic rings. The third kappa shape index (κ3) is 20.0. The Bertz CT molecular complexity index is 221. The molecular weight excluding hydrogens is 261 g/mol. The summed E-state index contributed by atoms with van der Waals surface area (Å²) in [7, 11) is 0. The molecule has 0 aromatic carbocycles.